The van der Waals surface area contributed by atoms with Gasteiger partial charge in [0.05, 0.1) is 57.7 Å². The van der Waals surface area contributed by atoms with Gasteiger partial charge in [0, 0.05) is 59.9 Å². The van der Waals surface area contributed by atoms with Gasteiger partial charge in [0.1, 0.15) is 27.5 Å². The first-order valence-corrected chi connectivity index (χ1v) is 29.3. The summed E-state index contributed by atoms with van der Waals surface area (Å²) in [5.41, 5.74) is 15.0. The van der Waals surface area contributed by atoms with Crippen molar-refractivity contribution in [1.82, 2.24) is 43.6 Å². The number of aromatic nitrogens is 9. The van der Waals surface area contributed by atoms with Gasteiger partial charge in [-0.05, 0) is 141 Å². The molecule has 0 bridgehead atoms. The second kappa shape index (κ2) is 26.0. The van der Waals surface area contributed by atoms with Crippen molar-refractivity contribution < 1.29 is 23.7 Å². The Morgan fingerprint density at radius 1 is 0.519 bits per heavy atom. The number of halogens is 3. The van der Waals surface area contributed by atoms with Gasteiger partial charge in [-0.3, -0.25) is 14.4 Å². The molecular weight excluding hydrogens is 1260 g/mol. The van der Waals surface area contributed by atoms with E-state index in [0.717, 1.165) is 64.8 Å². The molecule has 0 saturated carbocycles. The molecule has 7 heterocycles. The number of hydrogen-bond acceptors (Lipinski definition) is 14. The van der Waals surface area contributed by atoms with E-state index >= 15 is 0 Å². The van der Waals surface area contributed by atoms with Crippen LogP contribution < -0.4 is 21.4 Å². The Morgan fingerprint density at radius 3 is 1.30 bits per heavy atom. The third-order valence-electron chi connectivity index (χ3n) is 12.6. The normalized spacial score (nSPS) is 13.0. The number of imidazole rings is 3. The number of aryl methyl sites for hydroxylation is 1. The fourth-order valence-electron chi connectivity index (χ4n) is 7.46. The van der Waals surface area contributed by atoms with Crippen LogP contribution in [0.2, 0.25) is 0 Å². The summed E-state index contributed by atoms with van der Waals surface area (Å²) in [7, 11) is 5.46. The molecule has 0 unspecified atom stereocenters. The first-order chi connectivity index (χ1) is 37.8. The number of amides is 3. The van der Waals surface area contributed by atoms with Gasteiger partial charge in [0.25, 0.3) is 17.7 Å². The van der Waals surface area contributed by atoms with Gasteiger partial charge in [0.2, 0.25) is 0 Å². The SMILES string of the molecule is CC1(C)OB(c2ccc(NC(=O)c3cscn3)cc2)OC1(C)C.Cc1cccc(-c2ncc(-c3ccc(NC(=O)c4cscn4)cc3)n2C)c1.Cn1c(-c2ccc(NC(=O)c3cscn3)cc2)cnc1Br.Cn1c(Br)cnc1Br. The molecular formula is C55H52BBr3N12O5S3. The molecule has 1 aliphatic rings. The van der Waals surface area contributed by atoms with E-state index in [1.54, 1.807) is 45.1 Å². The minimum atomic E-state index is -0.400. The lowest BCUT2D eigenvalue weighted by Crippen LogP contribution is -2.41. The van der Waals surface area contributed by atoms with Crippen molar-refractivity contribution in [2.75, 3.05) is 16.0 Å². The third kappa shape index (κ3) is 14.7. The summed E-state index contributed by atoms with van der Waals surface area (Å²) in [5.74, 6) is 0.308. The lowest BCUT2D eigenvalue weighted by molar-refractivity contribution is 0.00578. The Labute approximate surface area is 494 Å². The highest BCUT2D eigenvalue weighted by atomic mass is 79.9. The molecule has 0 radical (unpaired) electrons. The van der Waals surface area contributed by atoms with Gasteiger partial charge >= 0.3 is 7.12 Å². The molecule has 404 valence electrons. The zero-order valence-electron chi connectivity index (χ0n) is 43.9. The number of carbonyl (C=O) groups excluding carboxylic acids is 3. The molecule has 11 rings (SSSR count). The van der Waals surface area contributed by atoms with Gasteiger partial charge in [-0.25, -0.2) is 29.9 Å². The zero-order valence-corrected chi connectivity index (χ0v) is 51.1. The minimum absolute atomic E-state index is 0.202. The number of hydrogen-bond donors (Lipinski definition) is 3. The van der Waals surface area contributed by atoms with Gasteiger partial charge < -0.3 is 39.0 Å². The topological polar surface area (TPSA) is 198 Å². The van der Waals surface area contributed by atoms with Crippen molar-refractivity contribution in [1.29, 1.82) is 0 Å². The van der Waals surface area contributed by atoms with E-state index in [0.29, 0.717) is 22.8 Å². The molecule has 24 heteroatoms. The molecule has 0 atom stereocenters. The van der Waals surface area contributed by atoms with E-state index in [2.05, 4.69) is 123 Å². The first kappa shape index (κ1) is 58.4. The highest BCUT2D eigenvalue weighted by Crippen LogP contribution is 2.37. The number of nitrogens with one attached hydrogen (secondary N) is 3. The zero-order chi connectivity index (χ0) is 56.4. The highest BCUT2D eigenvalue weighted by molar-refractivity contribution is 9.11. The predicted octanol–water partition coefficient (Wildman–Crippen LogP) is 13.0. The maximum absolute atomic E-state index is 12.1. The van der Waals surface area contributed by atoms with Crippen molar-refractivity contribution >= 4 is 129 Å². The van der Waals surface area contributed by atoms with E-state index < -0.39 is 7.12 Å². The van der Waals surface area contributed by atoms with Crippen LogP contribution in [0.25, 0.3) is 33.9 Å². The number of carbonyl (C=O) groups is 3. The standard InChI is InChI=1S/C21H18N4OS.C16H19BN2O3S.C14H11BrN4OS.C4H4Br2N2/c1-14-4-3-5-16(10-14)20-22-11-19(25(20)2)15-6-8-17(9-7-15)24-21(26)18-12-27-13-23-18;1-15(2)16(3,4)22-17(21-15)11-5-7-12(8-6-11)19-14(20)13-9-23-10-18-13;1-19-12(6-16-14(19)15)9-2-4-10(5-3-9)18-13(20)11-7-21-8-17-11;1-8-3(5)2-7-4(8)6/h3-13H,1-2H3,(H,24,26);5-10H,1-4H3,(H,19,20);2-8H,1H3,(H,18,20);2H,1H3. The highest BCUT2D eigenvalue weighted by Gasteiger charge is 2.51. The van der Waals surface area contributed by atoms with Crippen molar-refractivity contribution in [3.63, 3.8) is 0 Å². The van der Waals surface area contributed by atoms with Crippen molar-refractivity contribution in [3.8, 4) is 33.9 Å². The number of rotatable bonds is 10. The predicted molar refractivity (Wildman–Crippen MR) is 326 cm³/mol. The van der Waals surface area contributed by atoms with Crippen LogP contribution in [0.1, 0.15) is 64.7 Å². The Balaban J connectivity index is 0.000000146. The van der Waals surface area contributed by atoms with Crippen LogP contribution in [0.4, 0.5) is 17.1 Å². The summed E-state index contributed by atoms with van der Waals surface area (Å²) in [4.78, 5) is 60.7. The van der Waals surface area contributed by atoms with E-state index in [-0.39, 0.29) is 28.9 Å². The monoisotopic (exact) mass is 1300 g/mol. The second-order valence-corrected chi connectivity index (χ2v) is 23.0. The lowest BCUT2D eigenvalue weighted by Gasteiger charge is -2.32. The number of benzene rings is 4. The molecule has 1 aliphatic heterocycles. The Hall–Kier alpha value is -6.77. The molecule has 79 heavy (non-hydrogen) atoms. The Bertz CT molecular complexity index is 3610. The minimum Gasteiger partial charge on any atom is -0.399 e. The number of thiazole rings is 3. The van der Waals surface area contributed by atoms with Gasteiger partial charge in [-0.2, -0.15) is 0 Å². The summed E-state index contributed by atoms with van der Waals surface area (Å²) in [6.45, 7) is 10.2. The number of nitrogens with zero attached hydrogens (tertiary/aromatic N) is 9. The van der Waals surface area contributed by atoms with Crippen molar-refractivity contribution in [2.24, 2.45) is 21.1 Å². The molecule has 0 aliphatic carbocycles. The Morgan fingerprint density at radius 2 is 0.937 bits per heavy atom. The average Bonchev–Trinajstić information content (AvgIpc) is 4.46. The van der Waals surface area contributed by atoms with E-state index in [9.17, 15) is 14.4 Å². The van der Waals surface area contributed by atoms with Crippen molar-refractivity contribution in [2.45, 2.75) is 45.8 Å². The summed E-state index contributed by atoms with van der Waals surface area (Å²) in [6.07, 6.45) is 5.41. The van der Waals surface area contributed by atoms with Crippen LogP contribution in [0.15, 0.2) is 162 Å². The lowest BCUT2D eigenvalue weighted by atomic mass is 9.79. The van der Waals surface area contributed by atoms with Gasteiger partial charge in [-0.1, -0.05) is 60.2 Å². The maximum atomic E-state index is 12.1. The Kier molecular flexibility index (Phi) is 19.2. The second-order valence-electron chi connectivity index (χ2n) is 18.6. The molecule has 10 aromatic rings. The molecule has 1 saturated heterocycles. The maximum Gasteiger partial charge on any atom is 0.494 e. The van der Waals surface area contributed by atoms with Crippen LogP contribution in [0.5, 0.6) is 0 Å². The van der Waals surface area contributed by atoms with Crippen molar-refractivity contribution in [3.05, 3.63) is 185 Å². The molecule has 3 N–H and O–H groups in total. The van der Waals surface area contributed by atoms with Crippen LogP contribution >= 0.6 is 81.8 Å². The summed E-state index contributed by atoms with van der Waals surface area (Å²) < 4.78 is 20.5. The molecule has 3 amide bonds. The summed E-state index contributed by atoms with van der Waals surface area (Å²) >= 11 is 14.1. The van der Waals surface area contributed by atoms with Crippen LogP contribution in [0, 0.1) is 6.92 Å². The number of anilines is 3. The molecule has 1 fully saturated rings. The molecule has 0 spiro atoms. The quantitative estimate of drug-likeness (QED) is 0.110. The molecule has 4 aromatic carbocycles. The van der Waals surface area contributed by atoms with E-state index in [4.69, 9.17) is 9.31 Å². The van der Waals surface area contributed by atoms with Crippen LogP contribution in [0.3, 0.4) is 0 Å². The smallest absolute Gasteiger partial charge is 0.399 e. The van der Waals surface area contributed by atoms with E-state index in [1.807, 2.05) is 143 Å². The summed E-state index contributed by atoms with van der Waals surface area (Å²) in [5, 5.41) is 13.7. The molecule has 6 aromatic heterocycles. The fraction of sp³-hybridized carbons (Fsp3) is 0.182. The third-order valence-corrected chi connectivity index (χ3v) is 16.6. The fourth-order valence-corrected chi connectivity index (χ4v) is 10.2. The van der Waals surface area contributed by atoms with E-state index in [1.165, 1.54) is 39.6 Å². The van der Waals surface area contributed by atoms with Gasteiger partial charge in [-0.15, -0.1) is 34.0 Å². The first-order valence-electron chi connectivity index (χ1n) is 24.1. The molecule has 17 nitrogen and oxygen atoms in total. The van der Waals surface area contributed by atoms with Gasteiger partial charge in [0.15, 0.2) is 9.47 Å². The van der Waals surface area contributed by atoms with Crippen LogP contribution in [-0.2, 0) is 30.5 Å². The average molecular weight is 1310 g/mol. The largest absolute Gasteiger partial charge is 0.494 e. The van der Waals surface area contributed by atoms with Crippen LogP contribution in [-0.4, -0.2) is 79.6 Å². The summed E-state index contributed by atoms with van der Waals surface area (Å²) in [6, 6.07) is 31.1.